The Bertz CT molecular complexity index is 1360. The van der Waals surface area contributed by atoms with Crippen molar-refractivity contribution in [3.63, 3.8) is 0 Å². The molecule has 3 aromatic carbocycles. The van der Waals surface area contributed by atoms with Gasteiger partial charge in [0, 0.05) is 18.3 Å². The highest BCUT2D eigenvalue weighted by Gasteiger charge is 2.18. The van der Waals surface area contributed by atoms with Crippen LogP contribution in [0.1, 0.15) is 27.0 Å². The number of hydrogen-bond acceptors (Lipinski definition) is 4. The van der Waals surface area contributed by atoms with E-state index in [1.807, 2.05) is 83.7 Å². The third-order valence-corrected chi connectivity index (χ3v) is 5.60. The Morgan fingerprint density at radius 1 is 0.794 bits per heavy atom. The second-order valence-corrected chi connectivity index (χ2v) is 7.99. The van der Waals surface area contributed by atoms with Crippen molar-refractivity contribution in [2.75, 3.05) is 0 Å². The first kappa shape index (κ1) is 21.3. The van der Waals surface area contributed by atoms with E-state index in [2.05, 4.69) is 27.5 Å². The number of rotatable bonds is 8. The molecule has 0 fully saturated rings. The van der Waals surface area contributed by atoms with Gasteiger partial charge in [-0.25, -0.2) is 9.67 Å². The van der Waals surface area contributed by atoms with Crippen molar-refractivity contribution < 1.29 is 4.79 Å². The quantitative estimate of drug-likeness (QED) is 0.387. The van der Waals surface area contributed by atoms with Gasteiger partial charge in [0.1, 0.15) is 18.3 Å². The molecular formula is C27H24N6O. The van der Waals surface area contributed by atoms with Crippen LogP contribution in [0.5, 0.6) is 0 Å². The zero-order chi connectivity index (χ0) is 23.2. The zero-order valence-electron chi connectivity index (χ0n) is 18.6. The minimum atomic E-state index is -0.159. The highest BCUT2D eigenvalue weighted by atomic mass is 16.1. The summed E-state index contributed by atoms with van der Waals surface area (Å²) in [4.78, 5) is 17.3. The van der Waals surface area contributed by atoms with Crippen LogP contribution < -0.4 is 5.32 Å². The topological polar surface area (TPSA) is 77.6 Å². The fraction of sp³-hybridized carbons (Fsp3) is 0.111. The van der Waals surface area contributed by atoms with E-state index in [0.717, 1.165) is 22.3 Å². The predicted molar refractivity (Wildman–Crippen MR) is 130 cm³/mol. The van der Waals surface area contributed by atoms with E-state index in [0.29, 0.717) is 30.9 Å². The van der Waals surface area contributed by atoms with Crippen molar-refractivity contribution in [3.8, 4) is 11.3 Å². The van der Waals surface area contributed by atoms with Gasteiger partial charge in [-0.1, -0.05) is 84.9 Å². The molecule has 7 nitrogen and oxygen atoms in total. The molecule has 1 amide bonds. The largest absolute Gasteiger partial charge is 0.348 e. The van der Waals surface area contributed by atoms with E-state index in [1.54, 1.807) is 11.0 Å². The van der Waals surface area contributed by atoms with Gasteiger partial charge in [0.2, 0.25) is 0 Å². The molecule has 0 saturated heterocycles. The number of nitrogens with one attached hydrogen (secondary N) is 1. The van der Waals surface area contributed by atoms with Crippen molar-refractivity contribution in [2.45, 2.75) is 19.6 Å². The highest BCUT2D eigenvalue weighted by molar-refractivity contribution is 5.99. The molecule has 5 aromatic rings. The van der Waals surface area contributed by atoms with Crippen LogP contribution in [0.4, 0.5) is 0 Å². The molecule has 0 radical (unpaired) electrons. The normalized spacial score (nSPS) is 10.8. The van der Waals surface area contributed by atoms with Crippen molar-refractivity contribution in [1.82, 2.24) is 29.9 Å². The number of amides is 1. The van der Waals surface area contributed by atoms with Crippen LogP contribution in [-0.4, -0.2) is 30.5 Å². The Hall–Kier alpha value is -4.52. The summed E-state index contributed by atoms with van der Waals surface area (Å²) in [6.45, 7) is 1.59. The van der Waals surface area contributed by atoms with Crippen LogP contribution >= 0.6 is 0 Å². The first-order valence-corrected chi connectivity index (χ1v) is 11.1. The van der Waals surface area contributed by atoms with E-state index in [9.17, 15) is 4.79 Å². The molecule has 0 atom stereocenters. The van der Waals surface area contributed by atoms with Gasteiger partial charge in [-0.2, -0.15) is 10.2 Å². The number of carbonyl (C=O) groups excluding carboxylic acids is 1. The van der Waals surface area contributed by atoms with Crippen LogP contribution in [0.2, 0.25) is 0 Å². The molecule has 5 rings (SSSR count). The predicted octanol–water partition coefficient (Wildman–Crippen LogP) is 4.17. The summed E-state index contributed by atoms with van der Waals surface area (Å²) in [6, 6.07) is 27.9. The number of aromatic nitrogens is 5. The first-order chi connectivity index (χ1) is 16.8. The monoisotopic (exact) mass is 448 g/mol. The van der Waals surface area contributed by atoms with Gasteiger partial charge in [-0.15, -0.1) is 0 Å². The average Bonchev–Trinajstić information content (AvgIpc) is 3.55. The molecule has 0 saturated carbocycles. The molecular weight excluding hydrogens is 424 g/mol. The van der Waals surface area contributed by atoms with Gasteiger partial charge in [0.05, 0.1) is 18.7 Å². The van der Waals surface area contributed by atoms with E-state index in [1.165, 1.54) is 6.33 Å². The molecule has 7 heteroatoms. The van der Waals surface area contributed by atoms with Gasteiger partial charge in [-0.05, 0) is 16.7 Å². The number of hydrogen-bond donors (Lipinski definition) is 1. The number of nitrogens with zero attached hydrogens (tertiary/aromatic N) is 5. The van der Waals surface area contributed by atoms with Crippen molar-refractivity contribution in [3.05, 3.63) is 126 Å². The molecule has 2 heterocycles. The number of carbonyl (C=O) groups is 1. The van der Waals surface area contributed by atoms with Crippen LogP contribution in [0, 0.1) is 0 Å². The van der Waals surface area contributed by atoms with Crippen LogP contribution in [0.3, 0.4) is 0 Å². The van der Waals surface area contributed by atoms with Gasteiger partial charge >= 0.3 is 0 Å². The number of benzene rings is 3. The third-order valence-electron chi connectivity index (χ3n) is 5.60. The smallest absolute Gasteiger partial charge is 0.255 e. The van der Waals surface area contributed by atoms with Gasteiger partial charge in [0.25, 0.3) is 5.91 Å². The lowest BCUT2D eigenvalue weighted by molar-refractivity contribution is 0.0951. The second-order valence-electron chi connectivity index (χ2n) is 7.99. The van der Waals surface area contributed by atoms with E-state index >= 15 is 0 Å². The average molecular weight is 449 g/mol. The highest BCUT2D eigenvalue weighted by Crippen LogP contribution is 2.23. The van der Waals surface area contributed by atoms with Crippen LogP contribution in [0.15, 0.2) is 104 Å². The van der Waals surface area contributed by atoms with Crippen LogP contribution in [-0.2, 0) is 19.6 Å². The van der Waals surface area contributed by atoms with Gasteiger partial charge in [-0.3, -0.25) is 9.48 Å². The third kappa shape index (κ3) is 4.94. The van der Waals surface area contributed by atoms with Crippen molar-refractivity contribution in [1.29, 1.82) is 0 Å². The van der Waals surface area contributed by atoms with E-state index < -0.39 is 0 Å². The molecule has 0 bridgehead atoms. The molecule has 0 aliphatic heterocycles. The van der Waals surface area contributed by atoms with Gasteiger partial charge < -0.3 is 5.32 Å². The molecule has 0 spiro atoms. The molecule has 1 N–H and O–H groups in total. The molecule has 0 aliphatic rings. The van der Waals surface area contributed by atoms with Crippen molar-refractivity contribution >= 4 is 5.91 Å². The molecule has 0 unspecified atom stereocenters. The Morgan fingerprint density at radius 2 is 1.50 bits per heavy atom. The lowest BCUT2D eigenvalue weighted by Gasteiger charge is -2.11. The summed E-state index contributed by atoms with van der Waals surface area (Å²) in [5.74, 6) is -0.159. The summed E-state index contributed by atoms with van der Waals surface area (Å²) in [6.07, 6.45) is 5.03. The second kappa shape index (κ2) is 9.95. The summed E-state index contributed by atoms with van der Waals surface area (Å²) < 4.78 is 3.59. The standard InChI is InChI=1S/C27H24N6O/c34-27(29-15-23-13-7-8-14-24(23)17-33-20-28-19-30-33)25-18-32(16-21-9-3-1-4-10-21)31-26(25)22-11-5-2-6-12-22/h1-14,18-20H,15-17H2,(H,29,34). The van der Waals surface area contributed by atoms with E-state index in [-0.39, 0.29) is 5.91 Å². The minimum Gasteiger partial charge on any atom is -0.348 e. The summed E-state index contributed by atoms with van der Waals surface area (Å²) in [7, 11) is 0. The Morgan fingerprint density at radius 3 is 2.24 bits per heavy atom. The Kier molecular flexibility index (Phi) is 6.25. The molecule has 34 heavy (non-hydrogen) atoms. The van der Waals surface area contributed by atoms with Crippen molar-refractivity contribution in [2.24, 2.45) is 0 Å². The minimum absolute atomic E-state index is 0.159. The zero-order valence-corrected chi connectivity index (χ0v) is 18.6. The van der Waals surface area contributed by atoms with Gasteiger partial charge in [0.15, 0.2) is 0 Å². The maximum atomic E-state index is 13.3. The summed E-state index contributed by atoms with van der Waals surface area (Å²) >= 11 is 0. The lowest BCUT2D eigenvalue weighted by atomic mass is 10.1. The van der Waals surface area contributed by atoms with Crippen LogP contribution in [0.25, 0.3) is 11.3 Å². The lowest BCUT2D eigenvalue weighted by Crippen LogP contribution is -2.24. The summed E-state index contributed by atoms with van der Waals surface area (Å²) in [5, 5.41) is 12.0. The SMILES string of the molecule is O=C(NCc1ccccc1Cn1cncn1)c1cn(Cc2ccccc2)nc1-c1ccccc1. The van der Waals surface area contributed by atoms with E-state index in [4.69, 9.17) is 5.10 Å². The maximum absolute atomic E-state index is 13.3. The fourth-order valence-corrected chi connectivity index (χ4v) is 3.89. The first-order valence-electron chi connectivity index (χ1n) is 11.1. The molecule has 0 aliphatic carbocycles. The Labute approximate surface area is 197 Å². The Balaban J connectivity index is 1.38. The maximum Gasteiger partial charge on any atom is 0.255 e. The molecule has 168 valence electrons. The fourth-order valence-electron chi connectivity index (χ4n) is 3.89. The summed E-state index contributed by atoms with van der Waals surface area (Å²) in [5.41, 5.74) is 5.37. The molecule has 2 aromatic heterocycles.